The maximum Gasteiger partial charge on any atom is 0.110 e. The minimum Gasteiger partial charge on any atom is -0.325 e. The third kappa shape index (κ3) is 2.70. The summed E-state index contributed by atoms with van der Waals surface area (Å²) >= 11 is 6.09. The van der Waals surface area contributed by atoms with Gasteiger partial charge >= 0.3 is 0 Å². The smallest absolute Gasteiger partial charge is 0.110 e. The van der Waals surface area contributed by atoms with Crippen LogP contribution in [0.25, 0.3) is 11.0 Å². The van der Waals surface area contributed by atoms with Crippen molar-refractivity contribution in [3.63, 3.8) is 0 Å². The first kappa shape index (κ1) is 13.9. The van der Waals surface area contributed by atoms with Crippen LogP contribution in [0.15, 0.2) is 18.2 Å². The summed E-state index contributed by atoms with van der Waals surface area (Å²) in [4.78, 5) is 4.84. The molecule has 1 fully saturated rings. The van der Waals surface area contributed by atoms with Crippen LogP contribution in [-0.2, 0) is 6.42 Å². The maximum absolute atomic E-state index is 6.09. The van der Waals surface area contributed by atoms with Crippen molar-refractivity contribution < 1.29 is 0 Å². The number of benzene rings is 1. The third-order valence-corrected chi connectivity index (χ3v) is 4.35. The molecule has 1 N–H and O–H groups in total. The molecule has 20 heavy (non-hydrogen) atoms. The number of fused-ring (bicyclic) bond motifs is 1. The molecule has 0 bridgehead atoms. The quantitative estimate of drug-likeness (QED) is 0.932. The van der Waals surface area contributed by atoms with Gasteiger partial charge in [0.2, 0.25) is 0 Å². The number of imidazole rings is 1. The van der Waals surface area contributed by atoms with Crippen molar-refractivity contribution in [2.45, 2.75) is 39.2 Å². The zero-order valence-corrected chi connectivity index (χ0v) is 13.0. The van der Waals surface area contributed by atoms with E-state index in [-0.39, 0.29) is 0 Å². The van der Waals surface area contributed by atoms with Gasteiger partial charge in [0.25, 0.3) is 0 Å². The molecule has 0 spiro atoms. The van der Waals surface area contributed by atoms with Crippen LogP contribution in [0, 0.1) is 5.92 Å². The molecule has 0 saturated carbocycles. The van der Waals surface area contributed by atoms with Crippen molar-refractivity contribution >= 4 is 22.6 Å². The number of halogens is 1. The molecule has 1 unspecified atom stereocenters. The van der Waals surface area contributed by atoms with E-state index in [4.69, 9.17) is 16.6 Å². The molecule has 108 valence electrons. The molecule has 0 aliphatic carbocycles. The predicted octanol–water partition coefficient (Wildman–Crippen LogP) is 3.81. The summed E-state index contributed by atoms with van der Waals surface area (Å²) in [7, 11) is 0. The lowest BCUT2D eigenvalue weighted by Crippen LogP contribution is -2.31. The second-order valence-electron chi connectivity index (χ2n) is 6.04. The Bertz CT molecular complexity index is 597. The molecule has 3 rings (SSSR count). The molecule has 2 aromatic rings. The van der Waals surface area contributed by atoms with Crippen LogP contribution < -0.4 is 5.32 Å². The Morgan fingerprint density at radius 3 is 3.00 bits per heavy atom. The number of aromatic nitrogens is 2. The summed E-state index contributed by atoms with van der Waals surface area (Å²) in [6, 6.07) is 6.44. The summed E-state index contributed by atoms with van der Waals surface area (Å²) in [5.74, 6) is 1.90. The van der Waals surface area contributed by atoms with Gasteiger partial charge in [-0.1, -0.05) is 11.6 Å². The van der Waals surface area contributed by atoms with E-state index < -0.39 is 0 Å². The number of hydrogen-bond acceptors (Lipinski definition) is 2. The van der Waals surface area contributed by atoms with Crippen LogP contribution in [-0.4, -0.2) is 22.6 Å². The monoisotopic (exact) mass is 291 g/mol. The Morgan fingerprint density at radius 1 is 1.45 bits per heavy atom. The molecular weight excluding hydrogens is 270 g/mol. The van der Waals surface area contributed by atoms with E-state index in [1.807, 2.05) is 12.1 Å². The summed E-state index contributed by atoms with van der Waals surface area (Å²) in [6.07, 6.45) is 3.63. The SMILES string of the molecule is CC(C)n1c(CC2CCCNC2)nc2cc(Cl)ccc21. The molecule has 4 heteroatoms. The third-order valence-electron chi connectivity index (χ3n) is 4.11. The number of piperidine rings is 1. The van der Waals surface area contributed by atoms with Crippen molar-refractivity contribution in [3.8, 4) is 0 Å². The van der Waals surface area contributed by atoms with Crippen LogP contribution in [0.1, 0.15) is 38.6 Å². The molecule has 1 aromatic carbocycles. The Morgan fingerprint density at radius 2 is 2.30 bits per heavy atom. The lowest BCUT2D eigenvalue weighted by atomic mass is 9.96. The molecular formula is C16H22ClN3. The normalized spacial score (nSPS) is 19.9. The van der Waals surface area contributed by atoms with E-state index >= 15 is 0 Å². The van der Waals surface area contributed by atoms with Crippen molar-refractivity contribution in [1.82, 2.24) is 14.9 Å². The van der Waals surface area contributed by atoms with Crippen LogP contribution in [0.2, 0.25) is 5.02 Å². The van der Waals surface area contributed by atoms with E-state index in [0.29, 0.717) is 12.0 Å². The largest absolute Gasteiger partial charge is 0.325 e. The van der Waals surface area contributed by atoms with Gasteiger partial charge in [0, 0.05) is 17.5 Å². The molecule has 2 heterocycles. The fourth-order valence-electron chi connectivity index (χ4n) is 3.20. The molecule has 3 nitrogen and oxygen atoms in total. The topological polar surface area (TPSA) is 29.9 Å². The molecule has 0 amide bonds. The van der Waals surface area contributed by atoms with Crippen LogP contribution in [0.4, 0.5) is 0 Å². The van der Waals surface area contributed by atoms with Gasteiger partial charge in [-0.2, -0.15) is 0 Å². The minimum absolute atomic E-state index is 0.424. The fraction of sp³-hybridized carbons (Fsp3) is 0.562. The highest BCUT2D eigenvalue weighted by atomic mass is 35.5. The first-order valence-corrected chi connectivity index (χ1v) is 7.90. The standard InChI is InChI=1S/C16H22ClN3/c1-11(2)20-15-6-5-13(17)9-14(15)19-16(20)8-12-4-3-7-18-10-12/h5-6,9,11-12,18H,3-4,7-8,10H2,1-2H3. The van der Waals surface area contributed by atoms with Gasteiger partial charge in [-0.3, -0.25) is 0 Å². The van der Waals surface area contributed by atoms with Gasteiger partial charge in [0.15, 0.2) is 0 Å². The number of hydrogen-bond donors (Lipinski definition) is 1. The first-order valence-electron chi connectivity index (χ1n) is 7.52. The lowest BCUT2D eigenvalue weighted by Gasteiger charge is -2.23. The highest BCUT2D eigenvalue weighted by Crippen LogP contribution is 2.26. The summed E-state index contributed by atoms with van der Waals surface area (Å²) in [5.41, 5.74) is 2.22. The molecule has 1 saturated heterocycles. The zero-order chi connectivity index (χ0) is 14.1. The lowest BCUT2D eigenvalue weighted by molar-refractivity contribution is 0.364. The van der Waals surface area contributed by atoms with E-state index in [1.165, 1.54) is 24.2 Å². The van der Waals surface area contributed by atoms with Gasteiger partial charge in [0.1, 0.15) is 5.82 Å². The summed E-state index contributed by atoms with van der Waals surface area (Å²) < 4.78 is 2.36. The van der Waals surface area contributed by atoms with Crippen molar-refractivity contribution in [1.29, 1.82) is 0 Å². The highest BCUT2D eigenvalue weighted by Gasteiger charge is 2.19. The maximum atomic E-state index is 6.09. The van der Waals surface area contributed by atoms with Crippen LogP contribution >= 0.6 is 11.6 Å². The van der Waals surface area contributed by atoms with Crippen molar-refractivity contribution in [2.24, 2.45) is 5.92 Å². The zero-order valence-electron chi connectivity index (χ0n) is 12.2. The van der Waals surface area contributed by atoms with Gasteiger partial charge in [-0.25, -0.2) is 4.98 Å². The van der Waals surface area contributed by atoms with Crippen molar-refractivity contribution in [2.75, 3.05) is 13.1 Å². The average Bonchev–Trinajstić information content (AvgIpc) is 2.76. The Labute approximate surface area is 125 Å². The first-order chi connectivity index (χ1) is 9.65. The number of nitrogens with zero attached hydrogens (tertiary/aromatic N) is 2. The van der Waals surface area contributed by atoms with Gasteiger partial charge in [-0.15, -0.1) is 0 Å². The minimum atomic E-state index is 0.424. The number of nitrogens with one attached hydrogen (secondary N) is 1. The Kier molecular flexibility index (Phi) is 3.99. The Balaban J connectivity index is 1.97. The second-order valence-corrected chi connectivity index (χ2v) is 6.48. The van der Waals surface area contributed by atoms with E-state index in [2.05, 4.69) is 29.8 Å². The van der Waals surface area contributed by atoms with Gasteiger partial charge in [-0.05, 0) is 63.9 Å². The molecule has 1 aliphatic rings. The van der Waals surface area contributed by atoms with E-state index in [9.17, 15) is 0 Å². The fourth-order valence-corrected chi connectivity index (χ4v) is 3.36. The molecule has 1 aliphatic heterocycles. The van der Waals surface area contributed by atoms with Gasteiger partial charge in [0.05, 0.1) is 11.0 Å². The summed E-state index contributed by atoms with van der Waals surface area (Å²) in [5, 5.41) is 4.25. The van der Waals surface area contributed by atoms with Crippen LogP contribution in [0.3, 0.4) is 0 Å². The molecule has 0 radical (unpaired) electrons. The van der Waals surface area contributed by atoms with Crippen LogP contribution in [0.5, 0.6) is 0 Å². The second kappa shape index (κ2) is 5.74. The van der Waals surface area contributed by atoms with Crippen molar-refractivity contribution in [3.05, 3.63) is 29.0 Å². The number of rotatable bonds is 3. The van der Waals surface area contributed by atoms with E-state index in [1.54, 1.807) is 0 Å². The molecule has 1 aromatic heterocycles. The predicted molar refractivity (Wildman–Crippen MR) is 84.4 cm³/mol. The molecule has 1 atom stereocenters. The average molecular weight is 292 g/mol. The summed E-state index contributed by atoms with van der Waals surface area (Å²) in [6.45, 7) is 6.71. The van der Waals surface area contributed by atoms with E-state index in [0.717, 1.165) is 30.0 Å². The Hall–Kier alpha value is -1.06. The van der Waals surface area contributed by atoms with Gasteiger partial charge < -0.3 is 9.88 Å². The highest BCUT2D eigenvalue weighted by molar-refractivity contribution is 6.31.